The molecule has 3 nitrogen and oxygen atoms in total. The third kappa shape index (κ3) is 2.10. The standard InChI is InChI=1S/C16H28N2O/c1-4-18(15(19)11(2)17-3)16-8-12-5-13(9-16)7-14(6-12)10-16/h11-14,17H,4-10H2,1-3H3. The highest BCUT2D eigenvalue weighted by Crippen LogP contribution is 2.57. The Balaban J connectivity index is 1.84. The highest BCUT2D eigenvalue weighted by Gasteiger charge is 2.54. The largest absolute Gasteiger partial charge is 0.336 e. The third-order valence-corrected chi connectivity index (χ3v) is 5.96. The SMILES string of the molecule is CCN(C(=O)C(C)NC)C12CC3CC(CC(C3)C1)C2. The average molecular weight is 264 g/mol. The molecular formula is C16H28N2O. The lowest BCUT2D eigenvalue weighted by Crippen LogP contribution is -2.63. The van der Waals surface area contributed by atoms with Crippen LogP contribution in [0.4, 0.5) is 0 Å². The number of carbonyl (C=O) groups excluding carboxylic acids is 1. The molecule has 4 rings (SSSR count). The molecule has 1 unspecified atom stereocenters. The van der Waals surface area contributed by atoms with E-state index < -0.39 is 0 Å². The lowest BCUT2D eigenvalue weighted by atomic mass is 9.52. The van der Waals surface area contributed by atoms with Crippen molar-refractivity contribution in [2.75, 3.05) is 13.6 Å². The van der Waals surface area contributed by atoms with E-state index in [9.17, 15) is 4.79 Å². The van der Waals surface area contributed by atoms with Gasteiger partial charge in [-0.3, -0.25) is 4.79 Å². The van der Waals surface area contributed by atoms with Crippen molar-refractivity contribution in [3.63, 3.8) is 0 Å². The molecule has 0 heterocycles. The number of nitrogens with zero attached hydrogens (tertiary/aromatic N) is 1. The van der Waals surface area contributed by atoms with Gasteiger partial charge in [0.1, 0.15) is 0 Å². The van der Waals surface area contributed by atoms with Crippen LogP contribution in [0.3, 0.4) is 0 Å². The molecule has 4 fully saturated rings. The van der Waals surface area contributed by atoms with Gasteiger partial charge in [0.15, 0.2) is 0 Å². The number of rotatable bonds is 4. The van der Waals surface area contributed by atoms with Crippen LogP contribution in [0.5, 0.6) is 0 Å². The van der Waals surface area contributed by atoms with Crippen molar-refractivity contribution in [2.45, 2.75) is 64.0 Å². The molecular weight excluding hydrogens is 236 g/mol. The Morgan fingerprint density at radius 3 is 2.05 bits per heavy atom. The molecule has 1 amide bonds. The van der Waals surface area contributed by atoms with Crippen molar-refractivity contribution in [1.29, 1.82) is 0 Å². The molecule has 4 saturated carbocycles. The van der Waals surface area contributed by atoms with E-state index in [-0.39, 0.29) is 11.6 Å². The lowest BCUT2D eigenvalue weighted by molar-refractivity contribution is -0.152. The molecule has 0 aromatic heterocycles. The Kier molecular flexibility index (Phi) is 3.36. The van der Waals surface area contributed by atoms with Crippen molar-refractivity contribution in [1.82, 2.24) is 10.2 Å². The zero-order chi connectivity index (χ0) is 13.6. The van der Waals surface area contributed by atoms with Gasteiger partial charge in [-0.2, -0.15) is 0 Å². The molecule has 4 aliphatic rings. The molecule has 0 aromatic carbocycles. The lowest BCUT2D eigenvalue weighted by Gasteiger charge is -2.60. The fourth-order valence-electron chi connectivity index (χ4n) is 5.48. The van der Waals surface area contributed by atoms with Crippen LogP contribution in [0.1, 0.15) is 52.4 Å². The normalized spacial score (nSPS) is 41.3. The number of likely N-dealkylation sites (N-methyl/N-ethyl adjacent to an activating group) is 2. The summed E-state index contributed by atoms with van der Waals surface area (Å²) in [6, 6.07) is -0.0482. The van der Waals surface area contributed by atoms with E-state index in [1.807, 2.05) is 14.0 Å². The van der Waals surface area contributed by atoms with E-state index in [4.69, 9.17) is 0 Å². The molecule has 1 N–H and O–H groups in total. The summed E-state index contributed by atoms with van der Waals surface area (Å²) in [6.07, 6.45) is 8.13. The van der Waals surface area contributed by atoms with Crippen molar-refractivity contribution in [3.05, 3.63) is 0 Å². The van der Waals surface area contributed by atoms with Crippen LogP contribution in [0.15, 0.2) is 0 Å². The molecule has 0 aromatic rings. The maximum absolute atomic E-state index is 12.7. The fraction of sp³-hybridized carbons (Fsp3) is 0.938. The van der Waals surface area contributed by atoms with E-state index in [2.05, 4.69) is 17.1 Å². The van der Waals surface area contributed by atoms with Gasteiger partial charge in [-0.05, 0) is 77.2 Å². The number of nitrogens with one attached hydrogen (secondary N) is 1. The van der Waals surface area contributed by atoms with Crippen molar-refractivity contribution in [3.8, 4) is 0 Å². The zero-order valence-corrected chi connectivity index (χ0v) is 12.6. The predicted molar refractivity (Wildman–Crippen MR) is 76.8 cm³/mol. The second-order valence-corrected chi connectivity index (χ2v) is 7.23. The first-order valence-electron chi connectivity index (χ1n) is 8.06. The summed E-state index contributed by atoms with van der Waals surface area (Å²) >= 11 is 0. The summed E-state index contributed by atoms with van der Waals surface area (Å²) in [5, 5.41) is 3.12. The van der Waals surface area contributed by atoms with Gasteiger partial charge in [0, 0.05) is 12.1 Å². The van der Waals surface area contributed by atoms with Crippen LogP contribution in [0.25, 0.3) is 0 Å². The minimum atomic E-state index is -0.0482. The molecule has 0 radical (unpaired) electrons. The summed E-state index contributed by atoms with van der Waals surface area (Å²) in [5.74, 6) is 3.01. The van der Waals surface area contributed by atoms with Gasteiger partial charge in [0.25, 0.3) is 0 Å². The quantitative estimate of drug-likeness (QED) is 0.845. The topological polar surface area (TPSA) is 32.3 Å². The van der Waals surface area contributed by atoms with Gasteiger partial charge in [0.2, 0.25) is 5.91 Å². The number of hydrogen-bond donors (Lipinski definition) is 1. The van der Waals surface area contributed by atoms with Crippen LogP contribution in [0, 0.1) is 17.8 Å². The smallest absolute Gasteiger partial charge is 0.239 e. The van der Waals surface area contributed by atoms with Crippen molar-refractivity contribution < 1.29 is 4.79 Å². The maximum Gasteiger partial charge on any atom is 0.239 e. The van der Waals surface area contributed by atoms with Crippen LogP contribution in [-0.2, 0) is 4.79 Å². The second kappa shape index (κ2) is 4.76. The van der Waals surface area contributed by atoms with Crippen LogP contribution < -0.4 is 5.32 Å². The van der Waals surface area contributed by atoms with Crippen molar-refractivity contribution >= 4 is 5.91 Å². The van der Waals surface area contributed by atoms with Crippen LogP contribution in [0.2, 0.25) is 0 Å². The summed E-state index contributed by atoms with van der Waals surface area (Å²) in [7, 11) is 1.89. The molecule has 19 heavy (non-hydrogen) atoms. The molecule has 0 aliphatic heterocycles. The molecule has 108 valence electrons. The van der Waals surface area contributed by atoms with E-state index in [0.29, 0.717) is 5.91 Å². The minimum Gasteiger partial charge on any atom is -0.336 e. The number of amides is 1. The van der Waals surface area contributed by atoms with Gasteiger partial charge < -0.3 is 10.2 Å². The highest BCUT2D eigenvalue weighted by molar-refractivity contribution is 5.82. The van der Waals surface area contributed by atoms with E-state index >= 15 is 0 Å². The molecule has 0 saturated heterocycles. The van der Waals surface area contributed by atoms with E-state index in [1.165, 1.54) is 38.5 Å². The first-order valence-corrected chi connectivity index (χ1v) is 8.06. The average Bonchev–Trinajstić information content (AvgIpc) is 2.36. The van der Waals surface area contributed by atoms with E-state index in [1.54, 1.807) is 0 Å². The third-order valence-electron chi connectivity index (χ3n) is 5.96. The zero-order valence-electron chi connectivity index (χ0n) is 12.6. The summed E-state index contributed by atoms with van der Waals surface area (Å²) in [5.41, 5.74) is 0.214. The molecule has 1 atom stereocenters. The summed E-state index contributed by atoms with van der Waals surface area (Å²) in [4.78, 5) is 14.9. The van der Waals surface area contributed by atoms with Crippen LogP contribution in [-0.4, -0.2) is 36.0 Å². The molecule has 4 aliphatic carbocycles. The Bertz CT molecular complexity index is 330. The van der Waals surface area contributed by atoms with E-state index in [0.717, 1.165) is 24.3 Å². The first-order chi connectivity index (χ1) is 9.08. The Morgan fingerprint density at radius 1 is 1.21 bits per heavy atom. The van der Waals surface area contributed by atoms with Gasteiger partial charge in [-0.15, -0.1) is 0 Å². The van der Waals surface area contributed by atoms with Crippen LogP contribution >= 0.6 is 0 Å². The van der Waals surface area contributed by atoms with Gasteiger partial charge >= 0.3 is 0 Å². The highest BCUT2D eigenvalue weighted by atomic mass is 16.2. The summed E-state index contributed by atoms with van der Waals surface area (Å²) in [6.45, 7) is 5.02. The minimum absolute atomic E-state index is 0.0482. The number of hydrogen-bond acceptors (Lipinski definition) is 2. The predicted octanol–water partition coefficient (Wildman–Crippen LogP) is 2.41. The summed E-state index contributed by atoms with van der Waals surface area (Å²) < 4.78 is 0. The van der Waals surface area contributed by atoms with Gasteiger partial charge in [0.05, 0.1) is 6.04 Å². The van der Waals surface area contributed by atoms with Gasteiger partial charge in [-0.25, -0.2) is 0 Å². The number of carbonyl (C=O) groups is 1. The Morgan fingerprint density at radius 2 is 1.68 bits per heavy atom. The monoisotopic (exact) mass is 264 g/mol. The fourth-order valence-corrected chi connectivity index (χ4v) is 5.48. The van der Waals surface area contributed by atoms with Gasteiger partial charge in [-0.1, -0.05) is 0 Å². The Hall–Kier alpha value is -0.570. The maximum atomic E-state index is 12.7. The van der Waals surface area contributed by atoms with Crippen molar-refractivity contribution in [2.24, 2.45) is 17.8 Å². The molecule has 3 heteroatoms. The molecule has 0 spiro atoms. The second-order valence-electron chi connectivity index (χ2n) is 7.23. The molecule has 4 bridgehead atoms. The first kappa shape index (κ1) is 13.4. The Labute approximate surface area is 117 Å².